The molecule has 10 heteroatoms. The summed E-state index contributed by atoms with van der Waals surface area (Å²) in [5.74, 6) is -0.692. The van der Waals surface area contributed by atoms with Gasteiger partial charge in [0.05, 0.1) is 17.0 Å². The van der Waals surface area contributed by atoms with E-state index in [2.05, 4.69) is 15.7 Å². The molecule has 3 aromatic rings. The lowest BCUT2D eigenvalue weighted by atomic mass is 10.0. The highest BCUT2D eigenvalue weighted by Gasteiger charge is 2.36. The number of nitro benzene ring substituents is 1. The molecule has 158 valence electrons. The molecule has 0 fully saturated rings. The second-order valence-corrected chi connectivity index (χ2v) is 7.04. The number of halogens is 1. The van der Waals surface area contributed by atoms with E-state index in [-0.39, 0.29) is 23.8 Å². The average molecular weight is 423 g/mol. The molecule has 9 nitrogen and oxygen atoms in total. The van der Waals surface area contributed by atoms with Crippen molar-refractivity contribution in [2.75, 3.05) is 10.6 Å². The maximum atomic E-state index is 13.3. The number of anilines is 2. The van der Waals surface area contributed by atoms with Crippen molar-refractivity contribution in [2.45, 2.75) is 25.8 Å². The zero-order chi connectivity index (χ0) is 22.1. The number of aryl methyl sites for hydroxylation is 1. The number of hydrogen-bond acceptors (Lipinski definition) is 5. The summed E-state index contributed by atoms with van der Waals surface area (Å²) < 4.78 is 14.8. The van der Waals surface area contributed by atoms with Gasteiger partial charge in [0, 0.05) is 23.4 Å². The molecule has 31 heavy (non-hydrogen) atoms. The number of carbonyl (C=O) groups excluding carboxylic acids is 2. The molecule has 1 aliphatic rings. The average Bonchev–Trinajstić information content (AvgIpc) is 3.24. The zero-order valence-electron chi connectivity index (χ0n) is 16.5. The van der Waals surface area contributed by atoms with Crippen molar-refractivity contribution in [1.82, 2.24) is 9.78 Å². The molecule has 1 aliphatic heterocycles. The smallest absolute Gasteiger partial charge is 0.269 e. The van der Waals surface area contributed by atoms with Gasteiger partial charge in [-0.1, -0.05) is 19.1 Å². The molecule has 2 heterocycles. The molecule has 0 spiro atoms. The van der Waals surface area contributed by atoms with Crippen molar-refractivity contribution >= 4 is 29.0 Å². The van der Waals surface area contributed by atoms with Crippen LogP contribution in [-0.4, -0.2) is 26.5 Å². The molecule has 0 saturated carbocycles. The molecule has 2 aromatic carbocycles. The number of nitrogens with one attached hydrogen (secondary N) is 2. The van der Waals surface area contributed by atoms with Gasteiger partial charge in [0.1, 0.15) is 17.7 Å². The van der Waals surface area contributed by atoms with Gasteiger partial charge in [0.25, 0.3) is 11.6 Å². The van der Waals surface area contributed by atoms with Crippen LogP contribution in [0.25, 0.3) is 11.1 Å². The zero-order valence-corrected chi connectivity index (χ0v) is 16.5. The topological polar surface area (TPSA) is 119 Å². The molecule has 4 rings (SSSR count). The van der Waals surface area contributed by atoms with Crippen LogP contribution in [0.15, 0.2) is 48.5 Å². The van der Waals surface area contributed by atoms with Gasteiger partial charge in [0.15, 0.2) is 0 Å². The Kier molecular flexibility index (Phi) is 5.20. The summed E-state index contributed by atoms with van der Waals surface area (Å²) in [5.41, 5.74) is 2.44. The first-order valence-corrected chi connectivity index (χ1v) is 9.60. The largest absolute Gasteiger partial charge is 0.326 e. The molecule has 1 unspecified atom stereocenters. The SMILES string of the molecule is CCc1nn2c(c1-c1ccc(F)cc1)NC(=O)C2CC(=O)Nc1ccc([N+](=O)[O-])cc1. The van der Waals surface area contributed by atoms with E-state index in [1.165, 1.54) is 41.1 Å². The standard InChI is InChI=1S/C21H18FN5O4/c1-2-16-19(12-3-5-13(22)6-4-12)20-24-21(29)17(26(20)25-16)11-18(28)23-14-7-9-15(10-8-14)27(30)31/h3-10,17H,2,11H2,1H3,(H,23,28)(H,24,29). The molecule has 0 bridgehead atoms. The molecule has 1 aromatic heterocycles. The predicted octanol–water partition coefficient (Wildman–Crippen LogP) is 3.68. The molecule has 0 aliphatic carbocycles. The van der Waals surface area contributed by atoms with Crippen molar-refractivity contribution in [3.63, 3.8) is 0 Å². The highest BCUT2D eigenvalue weighted by atomic mass is 19.1. The van der Waals surface area contributed by atoms with Gasteiger partial charge in [-0.2, -0.15) is 5.10 Å². The Morgan fingerprint density at radius 2 is 1.90 bits per heavy atom. The van der Waals surface area contributed by atoms with Crippen molar-refractivity contribution < 1.29 is 18.9 Å². The number of aromatic nitrogens is 2. The fourth-order valence-electron chi connectivity index (χ4n) is 3.54. The van der Waals surface area contributed by atoms with E-state index in [9.17, 15) is 24.1 Å². The highest BCUT2D eigenvalue weighted by molar-refractivity contribution is 6.04. The Bertz CT molecular complexity index is 1170. The van der Waals surface area contributed by atoms with Crippen molar-refractivity contribution in [3.05, 3.63) is 70.2 Å². The van der Waals surface area contributed by atoms with Gasteiger partial charge in [-0.05, 0) is 36.2 Å². The number of carbonyl (C=O) groups is 2. The van der Waals surface area contributed by atoms with Crippen LogP contribution in [0, 0.1) is 15.9 Å². The van der Waals surface area contributed by atoms with E-state index in [4.69, 9.17) is 0 Å². The minimum atomic E-state index is -0.840. The van der Waals surface area contributed by atoms with Crippen LogP contribution in [0.4, 0.5) is 21.6 Å². The second kappa shape index (κ2) is 7.98. The monoisotopic (exact) mass is 423 g/mol. The van der Waals surface area contributed by atoms with Crippen LogP contribution in [0.3, 0.4) is 0 Å². The first-order valence-electron chi connectivity index (χ1n) is 9.60. The van der Waals surface area contributed by atoms with Crippen LogP contribution >= 0.6 is 0 Å². The summed E-state index contributed by atoms with van der Waals surface area (Å²) in [6.45, 7) is 1.92. The van der Waals surface area contributed by atoms with E-state index in [0.29, 0.717) is 23.5 Å². The van der Waals surface area contributed by atoms with Gasteiger partial charge >= 0.3 is 0 Å². The Morgan fingerprint density at radius 3 is 2.52 bits per heavy atom. The molecule has 1 atom stereocenters. The first-order chi connectivity index (χ1) is 14.9. The van der Waals surface area contributed by atoms with E-state index in [1.807, 2.05) is 6.92 Å². The van der Waals surface area contributed by atoms with Gasteiger partial charge in [-0.3, -0.25) is 19.7 Å². The number of nitrogens with zero attached hydrogens (tertiary/aromatic N) is 3. The molecular weight excluding hydrogens is 405 g/mol. The first kappa shape index (κ1) is 20.2. The summed E-state index contributed by atoms with van der Waals surface area (Å²) >= 11 is 0. The number of hydrogen-bond donors (Lipinski definition) is 2. The van der Waals surface area contributed by atoms with Crippen LogP contribution in [0.5, 0.6) is 0 Å². The number of non-ortho nitro benzene ring substituents is 1. The summed E-state index contributed by atoms with van der Waals surface area (Å²) in [7, 11) is 0. The lowest BCUT2D eigenvalue weighted by Crippen LogP contribution is -2.23. The van der Waals surface area contributed by atoms with Gasteiger partial charge in [-0.25, -0.2) is 9.07 Å². The summed E-state index contributed by atoms with van der Waals surface area (Å²) in [4.78, 5) is 35.3. The Balaban J connectivity index is 1.56. The van der Waals surface area contributed by atoms with Crippen molar-refractivity contribution in [3.8, 4) is 11.1 Å². The third-order valence-electron chi connectivity index (χ3n) is 5.03. The quantitative estimate of drug-likeness (QED) is 0.463. The molecule has 0 saturated heterocycles. The van der Waals surface area contributed by atoms with E-state index in [1.54, 1.807) is 12.1 Å². The second-order valence-electron chi connectivity index (χ2n) is 7.04. The summed E-state index contributed by atoms with van der Waals surface area (Å²) in [6.07, 6.45) is 0.424. The number of rotatable bonds is 6. The van der Waals surface area contributed by atoms with Crippen LogP contribution < -0.4 is 10.6 Å². The fourth-order valence-corrected chi connectivity index (χ4v) is 3.54. The minimum absolute atomic E-state index is 0.0882. The van der Waals surface area contributed by atoms with Gasteiger partial charge in [-0.15, -0.1) is 0 Å². The predicted molar refractivity (Wildman–Crippen MR) is 111 cm³/mol. The molecule has 2 amide bonds. The van der Waals surface area contributed by atoms with Crippen molar-refractivity contribution in [2.24, 2.45) is 0 Å². The minimum Gasteiger partial charge on any atom is -0.326 e. The molecular formula is C21H18FN5O4. The summed E-state index contributed by atoms with van der Waals surface area (Å²) in [6, 6.07) is 10.5. The van der Waals surface area contributed by atoms with Gasteiger partial charge in [0.2, 0.25) is 5.91 Å². The molecule has 2 N–H and O–H groups in total. The van der Waals surface area contributed by atoms with Crippen LogP contribution in [0.2, 0.25) is 0 Å². The number of fused-ring (bicyclic) bond motifs is 1. The Labute approximate surface area is 176 Å². The van der Waals surface area contributed by atoms with Crippen LogP contribution in [-0.2, 0) is 16.0 Å². The fraction of sp³-hybridized carbons (Fsp3) is 0.190. The number of benzene rings is 2. The van der Waals surface area contributed by atoms with E-state index in [0.717, 1.165) is 11.3 Å². The highest BCUT2D eigenvalue weighted by Crippen LogP contribution is 2.38. The Morgan fingerprint density at radius 1 is 1.23 bits per heavy atom. The lowest BCUT2D eigenvalue weighted by molar-refractivity contribution is -0.384. The maximum Gasteiger partial charge on any atom is 0.269 e. The van der Waals surface area contributed by atoms with E-state index >= 15 is 0 Å². The van der Waals surface area contributed by atoms with Gasteiger partial charge < -0.3 is 10.6 Å². The van der Waals surface area contributed by atoms with Crippen molar-refractivity contribution in [1.29, 1.82) is 0 Å². The summed E-state index contributed by atoms with van der Waals surface area (Å²) in [5, 5.41) is 20.7. The maximum absolute atomic E-state index is 13.3. The lowest BCUT2D eigenvalue weighted by Gasteiger charge is -2.10. The number of nitro groups is 1. The molecule has 0 radical (unpaired) electrons. The normalized spacial score (nSPS) is 14.8. The third-order valence-corrected chi connectivity index (χ3v) is 5.03. The van der Waals surface area contributed by atoms with Crippen LogP contribution in [0.1, 0.15) is 25.1 Å². The third kappa shape index (κ3) is 3.87. The Hall–Kier alpha value is -4.08. The number of amides is 2. The van der Waals surface area contributed by atoms with E-state index < -0.39 is 16.9 Å².